The second kappa shape index (κ2) is 7.72. The third-order valence-electron chi connectivity index (χ3n) is 4.29. The molecular weight excluding hydrogens is 326 g/mol. The molecule has 1 amide bonds. The molecule has 1 fully saturated rings. The molecule has 0 radical (unpaired) electrons. The highest BCUT2D eigenvalue weighted by Gasteiger charge is 2.36. The molecule has 2 aromatic rings. The first-order valence-corrected chi connectivity index (χ1v) is 8.14. The van der Waals surface area contributed by atoms with Crippen LogP contribution in [0.2, 0.25) is 0 Å². The van der Waals surface area contributed by atoms with E-state index in [-0.39, 0.29) is 18.5 Å². The van der Waals surface area contributed by atoms with E-state index in [2.05, 4.69) is 10.2 Å². The highest BCUT2D eigenvalue weighted by atomic mass is 19.1. The molecule has 3 rings (SSSR count). The monoisotopic (exact) mass is 346 g/mol. The number of morpholine rings is 1. The van der Waals surface area contributed by atoms with Crippen LogP contribution in [-0.4, -0.2) is 37.1 Å². The average molecular weight is 346 g/mol. The number of likely N-dealkylation sites (N-methyl/N-ethyl adjacent to an activating group) is 1. The zero-order chi connectivity index (χ0) is 17.8. The van der Waals surface area contributed by atoms with E-state index in [0.29, 0.717) is 12.2 Å². The van der Waals surface area contributed by atoms with Crippen molar-refractivity contribution < 1.29 is 18.3 Å². The van der Waals surface area contributed by atoms with E-state index in [1.807, 2.05) is 37.4 Å². The number of carbonyl (C=O) groups is 1. The summed E-state index contributed by atoms with van der Waals surface area (Å²) in [6.07, 6.45) is -0.681. The largest absolute Gasteiger partial charge is 0.365 e. The minimum Gasteiger partial charge on any atom is -0.365 e. The van der Waals surface area contributed by atoms with Crippen LogP contribution in [0.4, 0.5) is 8.78 Å². The van der Waals surface area contributed by atoms with Gasteiger partial charge in [-0.2, -0.15) is 0 Å². The first kappa shape index (κ1) is 17.5. The van der Waals surface area contributed by atoms with Crippen LogP contribution < -0.4 is 5.32 Å². The molecule has 0 aliphatic carbocycles. The molecule has 1 aliphatic heterocycles. The van der Waals surface area contributed by atoms with Gasteiger partial charge in [-0.3, -0.25) is 9.69 Å². The summed E-state index contributed by atoms with van der Waals surface area (Å²) in [6.45, 7) is 1.21. The molecule has 1 heterocycles. The molecule has 0 unspecified atom stereocenters. The molecule has 0 bridgehead atoms. The van der Waals surface area contributed by atoms with Crippen molar-refractivity contribution in [3.63, 3.8) is 0 Å². The fraction of sp³-hybridized carbons (Fsp3) is 0.316. The highest BCUT2D eigenvalue weighted by molar-refractivity contribution is 5.82. The van der Waals surface area contributed by atoms with Gasteiger partial charge in [0.1, 0.15) is 11.6 Å². The van der Waals surface area contributed by atoms with E-state index in [1.165, 1.54) is 12.1 Å². The van der Waals surface area contributed by atoms with Crippen LogP contribution in [0.1, 0.15) is 17.2 Å². The molecule has 2 aromatic carbocycles. The summed E-state index contributed by atoms with van der Waals surface area (Å²) in [7, 11) is 1.95. The summed E-state index contributed by atoms with van der Waals surface area (Å²) in [4.78, 5) is 14.7. The van der Waals surface area contributed by atoms with Gasteiger partial charge in [0.2, 0.25) is 0 Å². The summed E-state index contributed by atoms with van der Waals surface area (Å²) in [6, 6.07) is 12.7. The fourth-order valence-electron chi connectivity index (χ4n) is 3.09. The van der Waals surface area contributed by atoms with Crippen molar-refractivity contribution in [2.45, 2.75) is 18.7 Å². The number of carbonyl (C=O) groups excluding carboxylic acids is 1. The lowest BCUT2D eigenvalue weighted by molar-refractivity contribution is -0.144. The van der Waals surface area contributed by atoms with E-state index < -0.39 is 17.7 Å². The lowest BCUT2D eigenvalue weighted by Crippen LogP contribution is -2.50. The van der Waals surface area contributed by atoms with E-state index in [1.54, 1.807) is 0 Å². The first-order valence-electron chi connectivity index (χ1n) is 8.14. The van der Waals surface area contributed by atoms with Crippen molar-refractivity contribution in [3.05, 3.63) is 71.3 Å². The Morgan fingerprint density at radius 1 is 1.20 bits per heavy atom. The van der Waals surface area contributed by atoms with Crippen molar-refractivity contribution >= 4 is 5.91 Å². The van der Waals surface area contributed by atoms with Crippen LogP contribution in [0.3, 0.4) is 0 Å². The number of hydrogen-bond donors (Lipinski definition) is 1. The minimum atomic E-state index is -0.681. The number of amides is 1. The van der Waals surface area contributed by atoms with Crippen LogP contribution in [0, 0.1) is 11.6 Å². The summed E-state index contributed by atoms with van der Waals surface area (Å²) < 4.78 is 32.2. The van der Waals surface area contributed by atoms with Crippen LogP contribution in [-0.2, 0) is 16.1 Å². The molecule has 1 saturated heterocycles. The topological polar surface area (TPSA) is 41.6 Å². The second-order valence-corrected chi connectivity index (χ2v) is 6.12. The molecule has 132 valence electrons. The number of nitrogens with zero attached hydrogens (tertiary/aromatic N) is 1. The van der Waals surface area contributed by atoms with E-state index in [4.69, 9.17) is 4.74 Å². The number of nitrogens with one attached hydrogen (secondary N) is 1. The first-order chi connectivity index (χ1) is 12.0. The molecule has 2 atom stereocenters. The van der Waals surface area contributed by atoms with E-state index >= 15 is 0 Å². The minimum absolute atomic E-state index is 0.0403. The third kappa shape index (κ3) is 4.21. The van der Waals surface area contributed by atoms with Crippen molar-refractivity contribution in [1.29, 1.82) is 0 Å². The fourth-order valence-corrected chi connectivity index (χ4v) is 3.09. The number of ether oxygens (including phenoxy) is 1. The average Bonchev–Trinajstić information content (AvgIpc) is 2.59. The standard InChI is InChI=1S/C19H20F2N2O2/c1-23-7-8-25-18(17(23)14-5-3-2-4-6-14)19(24)22-12-13-9-15(20)11-16(21)10-13/h2-6,9-11,17-18H,7-8,12H2,1H3,(H,22,24)/t17-,18+/m0/s1. The Hall–Kier alpha value is -2.31. The molecule has 4 nitrogen and oxygen atoms in total. The zero-order valence-electron chi connectivity index (χ0n) is 13.9. The van der Waals surface area contributed by atoms with Crippen molar-refractivity contribution in [2.24, 2.45) is 0 Å². The highest BCUT2D eigenvalue weighted by Crippen LogP contribution is 2.28. The Bertz CT molecular complexity index is 719. The van der Waals surface area contributed by atoms with Crippen molar-refractivity contribution in [2.75, 3.05) is 20.2 Å². The maximum absolute atomic E-state index is 13.3. The SMILES string of the molecule is CN1CCO[C@@H](C(=O)NCc2cc(F)cc(F)c2)[C@@H]1c1ccccc1. The summed E-state index contributed by atoms with van der Waals surface area (Å²) in [5, 5.41) is 2.72. The molecule has 0 saturated carbocycles. The van der Waals surface area contributed by atoms with E-state index in [0.717, 1.165) is 18.2 Å². The Morgan fingerprint density at radius 2 is 1.88 bits per heavy atom. The Balaban J connectivity index is 1.72. The Kier molecular flexibility index (Phi) is 5.40. The maximum Gasteiger partial charge on any atom is 0.251 e. The number of halogens is 2. The van der Waals surface area contributed by atoms with Crippen LogP contribution >= 0.6 is 0 Å². The van der Waals surface area contributed by atoms with Gasteiger partial charge in [-0.15, -0.1) is 0 Å². The van der Waals surface area contributed by atoms with Gasteiger partial charge in [-0.25, -0.2) is 8.78 Å². The van der Waals surface area contributed by atoms with Gasteiger partial charge in [0.05, 0.1) is 12.6 Å². The molecule has 0 aromatic heterocycles. The Labute approximate surface area is 145 Å². The van der Waals surface area contributed by atoms with E-state index in [9.17, 15) is 13.6 Å². The Morgan fingerprint density at radius 3 is 2.56 bits per heavy atom. The van der Waals surface area contributed by atoms with Gasteiger partial charge >= 0.3 is 0 Å². The smallest absolute Gasteiger partial charge is 0.251 e. The predicted octanol–water partition coefficient (Wildman–Crippen LogP) is 2.65. The number of rotatable bonds is 4. The summed E-state index contributed by atoms with van der Waals surface area (Å²) in [5.74, 6) is -1.63. The van der Waals surface area contributed by atoms with Crippen LogP contribution in [0.5, 0.6) is 0 Å². The summed E-state index contributed by atoms with van der Waals surface area (Å²) in [5.41, 5.74) is 1.35. The quantitative estimate of drug-likeness (QED) is 0.925. The van der Waals surface area contributed by atoms with Gasteiger partial charge in [0.25, 0.3) is 5.91 Å². The molecule has 1 aliphatic rings. The number of hydrogen-bond acceptors (Lipinski definition) is 3. The normalized spacial score (nSPS) is 21.1. The maximum atomic E-state index is 13.3. The summed E-state index contributed by atoms with van der Waals surface area (Å²) >= 11 is 0. The lowest BCUT2D eigenvalue weighted by Gasteiger charge is -2.38. The molecule has 25 heavy (non-hydrogen) atoms. The van der Waals surface area contributed by atoms with Gasteiger partial charge in [0, 0.05) is 19.2 Å². The molecule has 1 N–H and O–H groups in total. The van der Waals surface area contributed by atoms with Crippen LogP contribution in [0.15, 0.2) is 48.5 Å². The third-order valence-corrected chi connectivity index (χ3v) is 4.29. The van der Waals surface area contributed by atoms with Crippen molar-refractivity contribution in [3.8, 4) is 0 Å². The predicted molar refractivity (Wildman–Crippen MR) is 89.8 cm³/mol. The zero-order valence-corrected chi connectivity index (χ0v) is 13.9. The van der Waals surface area contributed by atoms with Gasteiger partial charge in [-0.05, 0) is 30.3 Å². The molecule has 6 heteroatoms. The second-order valence-electron chi connectivity index (χ2n) is 6.12. The molecular formula is C19H20F2N2O2. The molecule has 0 spiro atoms. The number of benzene rings is 2. The van der Waals surface area contributed by atoms with Crippen molar-refractivity contribution in [1.82, 2.24) is 10.2 Å². The van der Waals surface area contributed by atoms with Crippen LogP contribution in [0.25, 0.3) is 0 Å². The lowest BCUT2D eigenvalue weighted by atomic mass is 9.98. The van der Waals surface area contributed by atoms with Gasteiger partial charge in [-0.1, -0.05) is 30.3 Å². The van der Waals surface area contributed by atoms with Gasteiger partial charge < -0.3 is 10.1 Å². The van der Waals surface area contributed by atoms with Gasteiger partial charge in [0.15, 0.2) is 6.10 Å².